The molecule has 0 spiro atoms. The van der Waals surface area contributed by atoms with Gasteiger partial charge in [0, 0.05) is 5.56 Å². The van der Waals surface area contributed by atoms with Crippen LogP contribution in [-0.2, 0) is 9.31 Å². The standard InChI is InChI=1S/C16H22BFO4/c1-15(2)16(3,4)22-17(21-15)12(10-19)8-11-9-13(20-5)6-7-14(11)18/h6-9,19H,10H2,1-5H3. The van der Waals surface area contributed by atoms with Gasteiger partial charge in [0.15, 0.2) is 0 Å². The Kier molecular flexibility index (Phi) is 4.66. The Balaban J connectivity index is 2.33. The highest BCUT2D eigenvalue weighted by Crippen LogP contribution is 2.38. The monoisotopic (exact) mass is 308 g/mol. The van der Waals surface area contributed by atoms with Crippen LogP contribution in [0.4, 0.5) is 4.39 Å². The zero-order chi connectivity index (χ0) is 16.5. The summed E-state index contributed by atoms with van der Waals surface area (Å²) in [6, 6.07) is 4.43. The second kappa shape index (κ2) is 6.03. The normalized spacial score (nSPS) is 20.3. The van der Waals surface area contributed by atoms with E-state index >= 15 is 0 Å². The van der Waals surface area contributed by atoms with Crippen molar-refractivity contribution in [3.63, 3.8) is 0 Å². The summed E-state index contributed by atoms with van der Waals surface area (Å²) in [7, 11) is 0.808. The van der Waals surface area contributed by atoms with Gasteiger partial charge in [-0.25, -0.2) is 4.39 Å². The summed E-state index contributed by atoms with van der Waals surface area (Å²) in [6.07, 6.45) is 1.54. The van der Waals surface area contributed by atoms with E-state index in [1.165, 1.54) is 13.2 Å². The minimum atomic E-state index is -0.708. The van der Waals surface area contributed by atoms with E-state index in [-0.39, 0.29) is 6.61 Å². The maximum atomic E-state index is 13.9. The van der Waals surface area contributed by atoms with Gasteiger partial charge in [-0.2, -0.15) is 0 Å². The van der Waals surface area contributed by atoms with Crippen LogP contribution in [0.2, 0.25) is 0 Å². The topological polar surface area (TPSA) is 47.9 Å². The third-order valence-electron chi connectivity index (χ3n) is 4.28. The summed E-state index contributed by atoms with van der Waals surface area (Å²) in [6.45, 7) is 7.41. The first kappa shape index (κ1) is 17.0. The number of benzene rings is 1. The molecule has 1 saturated heterocycles. The van der Waals surface area contributed by atoms with E-state index in [9.17, 15) is 9.50 Å². The van der Waals surface area contributed by atoms with Gasteiger partial charge in [-0.05, 0) is 51.4 Å². The molecule has 1 aromatic carbocycles. The predicted octanol–water partition coefficient (Wildman–Crippen LogP) is 2.84. The van der Waals surface area contributed by atoms with Gasteiger partial charge in [-0.15, -0.1) is 0 Å². The van der Waals surface area contributed by atoms with Crippen molar-refractivity contribution in [1.82, 2.24) is 0 Å². The molecule has 0 radical (unpaired) electrons. The quantitative estimate of drug-likeness (QED) is 0.869. The number of ether oxygens (including phenoxy) is 1. The molecule has 0 aliphatic carbocycles. The highest BCUT2D eigenvalue weighted by atomic mass is 19.1. The maximum absolute atomic E-state index is 13.9. The summed E-state index contributed by atoms with van der Waals surface area (Å²) in [5, 5.41) is 9.62. The number of rotatable bonds is 4. The molecule has 0 atom stereocenters. The fraction of sp³-hybridized carbons (Fsp3) is 0.500. The molecular formula is C16H22BFO4. The first-order valence-corrected chi connectivity index (χ1v) is 7.20. The summed E-state index contributed by atoms with van der Waals surface area (Å²) in [5.74, 6) is 0.141. The first-order chi connectivity index (χ1) is 10.2. The molecule has 0 unspecified atom stereocenters. The SMILES string of the molecule is COc1ccc(F)c(C=C(CO)B2OC(C)(C)C(C)(C)O2)c1. The molecule has 0 amide bonds. The molecule has 0 saturated carbocycles. The van der Waals surface area contributed by atoms with Gasteiger partial charge in [-0.1, -0.05) is 6.08 Å². The van der Waals surface area contributed by atoms with Crippen LogP contribution in [0.3, 0.4) is 0 Å². The van der Waals surface area contributed by atoms with Gasteiger partial charge in [-0.3, -0.25) is 0 Å². The Labute approximate surface area is 131 Å². The van der Waals surface area contributed by atoms with Crippen LogP contribution in [0, 0.1) is 5.82 Å². The van der Waals surface area contributed by atoms with Crippen molar-refractivity contribution >= 4 is 13.2 Å². The molecule has 1 aliphatic rings. The van der Waals surface area contributed by atoms with E-state index in [1.807, 2.05) is 27.7 Å². The van der Waals surface area contributed by atoms with Gasteiger partial charge >= 0.3 is 7.12 Å². The number of hydrogen-bond donors (Lipinski definition) is 1. The molecular weight excluding hydrogens is 286 g/mol. The molecule has 1 N–H and O–H groups in total. The smallest absolute Gasteiger partial charge is 0.492 e. The summed E-state index contributed by atoms with van der Waals surface area (Å²) < 4.78 is 30.8. The van der Waals surface area contributed by atoms with Gasteiger partial charge in [0.05, 0.1) is 24.9 Å². The molecule has 1 fully saturated rings. The molecule has 1 aromatic rings. The Morgan fingerprint density at radius 2 is 1.86 bits per heavy atom. The van der Waals surface area contributed by atoms with Crippen molar-refractivity contribution < 1.29 is 23.5 Å². The van der Waals surface area contributed by atoms with Crippen LogP contribution in [0.1, 0.15) is 33.3 Å². The summed E-state index contributed by atoms with van der Waals surface area (Å²) >= 11 is 0. The Hall–Kier alpha value is -1.37. The number of aliphatic hydroxyl groups is 1. The number of hydrogen-bond acceptors (Lipinski definition) is 4. The number of methoxy groups -OCH3 is 1. The van der Waals surface area contributed by atoms with E-state index in [4.69, 9.17) is 14.0 Å². The van der Waals surface area contributed by atoms with Crippen molar-refractivity contribution in [3.8, 4) is 5.75 Å². The van der Waals surface area contributed by atoms with Crippen LogP contribution < -0.4 is 4.74 Å². The zero-order valence-electron chi connectivity index (χ0n) is 13.6. The van der Waals surface area contributed by atoms with E-state index < -0.39 is 24.1 Å². The van der Waals surface area contributed by atoms with Crippen LogP contribution in [0.25, 0.3) is 6.08 Å². The lowest BCUT2D eigenvalue weighted by Gasteiger charge is -2.32. The lowest BCUT2D eigenvalue weighted by molar-refractivity contribution is 0.00578. The Bertz CT molecular complexity index is 568. The molecule has 4 nitrogen and oxygen atoms in total. The average Bonchev–Trinajstić information content (AvgIpc) is 2.66. The van der Waals surface area contributed by atoms with E-state index in [1.54, 1.807) is 18.2 Å². The zero-order valence-corrected chi connectivity index (χ0v) is 13.6. The van der Waals surface area contributed by atoms with Crippen LogP contribution in [0.5, 0.6) is 5.75 Å². The van der Waals surface area contributed by atoms with E-state index in [0.717, 1.165) is 0 Å². The molecule has 1 heterocycles. The average molecular weight is 308 g/mol. The van der Waals surface area contributed by atoms with Crippen molar-refractivity contribution in [2.45, 2.75) is 38.9 Å². The van der Waals surface area contributed by atoms with E-state index in [0.29, 0.717) is 16.8 Å². The summed E-state index contributed by atoms with van der Waals surface area (Å²) in [4.78, 5) is 0. The van der Waals surface area contributed by atoms with Gasteiger partial charge < -0.3 is 19.2 Å². The van der Waals surface area contributed by atoms with Gasteiger partial charge in [0.25, 0.3) is 0 Å². The predicted molar refractivity (Wildman–Crippen MR) is 84.1 cm³/mol. The largest absolute Gasteiger partial charge is 0.497 e. The Morgan fingerprint density at radius 1 is 1.27 bits per heavy atom. The third-order valence-corrected chi connectivity index (χ3v) is 4.28. The van der Waals surface area contributed by atoms with Crippen molar-refractivity contribution in [2.24, 2.45) is 0 Å². The minimum Gasteiger partial charge on any atom is -0.497 e. The van der Waals surface area contributed by atoms with Crippen LogP contribution in [-0.4, -0.2) is 37.1 Å². The highest BCUT2D eigenvalue weighted by Gasteiger charge is 2.52. The Morgan fingerprint density at radius 3 is 2.36 bits per heavy atom. The fourth-order valence-electron chi connectivity index (χ4n) is 2.14. The molecule has 6 heteroatoms. The number of aliphatic hydroxyl groups excluding tert-OH is 1. The third kappa shape index (κ3) is 3.19. The lowest BCUT2D eigenvalue weighted by atomic mass is 9.77. The molecule has 22 heavy (non-hydrogen) atoms. The molecule has 0 bridgehead atoms. The van der Waals surface area contributed by atoms with Crippen LogP contribution in [0.15, 0.2) is 23.7 Å². The molecule has 0 aromatic heterocycles. The second-order valence-corrected chi connectivity index (χ2v) is 6.35. The minimum absolute atomic E-state index is 0.284. The van der Waals surface area contributed by atoms with Crippen molar-refractivity contribution in [3.05, 3.63) is 35.1 Å². The highest BCUT2D eigenvalue weighted by molar-refractivity contribution is 6.55. The van der Waals surface area contributed by atoms with Gasteiger partial charge in [0.2, 0.25) is 0 Å². The second-order valence-electron chi connectivity index (χ2n) is 6.35. The molecule has 1 aliphatic heterocycles. The first-order valence-electron chi connectivity index (χ1n) is 7.20. The molecule has 120 valence electrons. The van der Waals surface area contributed by atoms with Crippen LogP contribution >= 0.6 is 0 Å². The summed E-state index contributed by atoms with van der Waals surface area (Å²) in [5.41, 5.74) is -0.249. The maximum Gasteiger partial charge on any atom is 0.492 e. The van der Waals surface area contributed by atoms with Crippen molar-refractivity contribution in [1.29, 1.82) is 0 Å². The van der Waals surface area contributed by atoms with Crippen molar-refractivity contribution in [2.75, 3.05) is 13.7 Å². The van der Waals surface area contributed by atoms with Gasteiger partial charge in [0.1, 0.15) is 11.6 Å². The number of halogens is 1. The lowest BCUT2D eigenvalue weighted by Crippen LogP contribution is -2.41. The fourth-order valence-corrected chi connectivity index (χ4v) is 2.14. The molecule has 2 rings (SSSR count). The van der Waals surface area contributed by atoms with E-state index in [2.05, 4.69) is 0 Å².